The van der Waals surface area contributed by atoms with Gasteiger partial charge in [-0.3, -0.25) is 0 Å². The molecule has 1 aromatic rings. The highest BCUT2D eigenvalue weighted by Gasteiger charge is 1.93. The second-order valence-electron chi connectivity index (χ2n) is 3.16. The van der Waals surface area contributed by atoms with Gasteiger partial charge in [-0.1, -0.05) is 30.2 Å². The summed E-state index contributed by atoms with van der Waals surface area (Å²) in [5.74, 6) is 0. The van der Waals surface area contributed by atoms with Crippen molar-refractivity contribution in [2.24, 2.45) is 0 Å². The van der Waals surface area contributed by atoms with Crippen LogP contribution in [0.4, 0.5) is 0 Å². The van der Waals surface area contributed by atoms with Crippen LogP contribution in [0.5, 0.6) is 0 Å². The predicted octanol–water partition coefficient (Wildman–Crippen LogP) is 3.05. The van der Waals surface area contributed by atoms with E-state index < -0.39 is 0 Å². The number of unbranched alkanes of at least 4 members (excludes halogenated alkanes) is 2. The largest absolute Gasteiger partial charge is 0.396 e. The first kappa shape index (κ1) is 10.6. The first-order valence-electron chi connectivity index (χ1n) is 4.68. The molecule has 0 amide bonds. The highest BCUT2D eigenvalue weighted by Crippen LogP contribution is 2.11. The third kappa shape index (κ3) is 4.30. The van der Waals surface area contributed by atoms with E-state index in [1.165, 1.54) is 5.56 Å². The van der Waals surface area contributed by atoms with Crippen LogP contribution in [-0.4, -0.2) is 11.7 Å². The summed E-state index contributed by atoms with van der Waals surface area (Å²) in [5.41, 5.74) is 1.32. The molecule has 0 saturated heterocycles. The lowest BCUT2D eigenvalue weighted by atomic mass is 10.1. The Hall–Kier alpha value is -0.530. The van der Waals surface area contributed by atoms with Gasteiger partial charge in [-0.25, -0.2) is 0 Å². The van der Waals surface area contributed by atoms with E-state index in [0.717, 1.165) is 30.7 Å². The van der Waals surface area contributed by atoms with Crippen LogP contribution < -0.4 is 0 Å². The van der Waals surface area contributed by atoms with Gasteiger partial charge in [0.05, 0.1) is 0 Å². The number of aliphatic hydroxyl groups is 1. The van der Waals surface area contributed by atoms with E-state index in [-0.39, 0.29) is 0 Å². The van der Waals surface area contributed by atoms with E-state index in [2.05, 4.69) is 12.1 Å². The molecule has 72 valence electrons. The van der Waals surface area contributed by atoms with Crippen molar-refractivity contribution in [3.8, 4) is 0 Å². The average Bonchev–Trinajstić information content (AvgIpc) is 2.15. The van der Waals surface area contributed by atoms with Gasteiger partial charge < -0.3 is 5.11 Å². The zero-order valence-corrected chi connectivity index (χ0v) is 8.43. The highest BCUT2D eigenvalue weighted by atomic mass is 35.5. The van der Waals surface area contributed by atoms with Crippen molar-refractivity contribution in [3.05, 3.63) is 34.9 Å². The summed E-state index contributed by atoms with van der Waals surface area (Å²) in [6.07, 6.45) is 4.23. The standard InChI is InChI=1S/C11H15ClO/c12-11-7-5-10(6-8-11)4-2-1-3-9-13/h5-8,13H,1-4,9H2. The smallest absolute Gasteiger partial charge is 0.0431 e. The Labute approximate surface area is 84.4 Å². The first-order valence-corrected chi connectivity index (χ1v) is 5.06. The fourth-order valence-electron chi connectivity index (χ4n) is 1.27. The van der Waals surface area contributed by atoms with E-state index in [0.29, 0.717) is 6.61 Å². The van der Waals surface area contributed by atoms with Crippen LogP contribution in [0.25, 0.3) is 0 Å². The molecule has 13 heavy (non-hydrogen) atoms. The van der Waals surface area contributed by atoms with E-state index in [1.54, 1.807) is 0 Å². The maximum absolute atomic E-state index is 8.58. The van der Waals surface area contributed by atoms with Crippen LogP contribution in [-0.2, 0) is 6.42 Å². The monoisotopic (exact) mass is 198 g/mol. The van der Waals surface area contributed by atoms with E-state index in [4.69, 9.17) is 16.7 Å². The lowest BCUT2D eigenvalue weighted by Crippen LogP contribution is -1.87. The fraction of sp³-hybridized carbons (Fsp3) is 0.455. The molecule has 0 unspecified atom stereocenters. The van der Waals surface area contributed by atoms with Gasteiger partial charge in [0.25, 0.3) is 0 Å². The molecule has 0 atom stereocenters. The zero-order chi connectivity index (χ0) is 9.52. The van der Waals surface area contributed by atoms with E-state index in [9.17, 15) is 0 Å². The Balaban J connectivity index is 2.25. The van der Waals surface area contributed by atoms with Gasteiger partial charge in [-0.15, -0.1) is 0 Å². The molecule has 0 spiro atoms. The van der Waals surface area contributed by atoms with Crippen LogP contribution in [0.3, 0.4) is 0 Å². The van der Waals surface area contributed by atoms with E-state index >= 15 is 0 Å². The van der Waals surface area contributed by atoms with Gasteiger partial charge in [0.15, 0.2) is 0 Å². The summed E-state index contributed by atoms with van der Waals surface area (Å²) in [6, 6.07) is 7.95. The average molecular weight is 199 g/mol. The molecule has 1 aromatic carbocycles. The molecule has 0 radical (unpaired) electrons. The number of benzene rings is 1. The number of aryl methyl sites for hydroxylation is 1. The second-order valence-corrected chi connectivity index (χ2v) is 3.60. The molecule has 1 nitrogen and oxygen atoms in total. The molecule has 0 aliphatic carbocycles. The maximum atomic E-state index is 8.58. The topological polar surface area (TPSA) is 20.2 Å². The van der Waals surface area contributed by atoms with Gasteiger partial charge in [0.1, 0.15) is 0 Å². The molecular formula is C11H15ClO. The highest BCUT2D eigenvalue weighted by molar-refractivity contribution is 6.30. The molecule has 0 aliphatic rings. The number of rotatable bonds is 5. The third-order valence-corrected chi connectivity index (χ3v) is 2.29. The summed E-state index contributed by atoms with van der Waals surface area (Å²) in [4.78, 5) is 0. The molecule has 0 aliphatic heterocycles. The summed E-state index contributed by atoms with van der Waals surface area (Å²) in [7, 11) is 0. The quantitative estimate of drug-likeness (QED) is 0.722. The van der Waals surface area contributed by atoms with E-state index in [1.807, 2.05) is 12.1 Å². The van der Waals surface area contributed by atoms with Crippen molar-refractivity contribution < 1.29 is 5.11 Å². The van der Waals surface area contributed by atoms with Crippen molar-refractivity contribution in [2.75, 3.05) is 6.61 Å². The number of hydrogen-bond donors (Lipinski definition) is 1. The molecule has 0 fully saturated rings. The molecule has 1 N–H and O–H groups in total. The summed E-state index contributed by atoms with van der Waals surface area (Å²) in [5, 5.41) is 9.37. The number of halogens is 1. The van der Waals surface area contributed by atoms with Crippen LogP contribution in [0.1, 0.15) is 24.8 Å². The molecule has 0 saturated carbocycles. The molecular weight excluding hydrogens is 184 g/mol. The first-order chi connectivity index (χ1) is 6.33. The van der Waals surface area contributed by atoms with Gasteiger partial charge >= 0.3 is 0 Å². The lowest BCUT2D eigenvalue weighted by molar-refractivity contribution is 0.283. The molecule has 1 rings (SSSR count). The SMILES string of the molecule is OCCCCCc1ccc(Cl)cc1. The predicted molar refractivity (Wildman–Crippen MR) is 56.1 cm³/mol. The van der Waals surface area contributed by atoms with Crippen LogP contribution in [0, 0.1) is 0 Å². The van der Waals surface area contributed by atoms with Crippen LogP contribution in [0.2, 0.25) is 5.02 Å². The molecule has 0 bridgehead atoms. The summed E-state index contributed by atoms with van der Waals surface area (Å²) >= 11 is 5.76. The second kappa shape index (κ2) is 6.01. The Morgan fingerprint density at radius 2 is 1.69 bits per heavy atom. The fourth-order valence-corrected chi connectivity index (χ4v) is 1.39. The minimum Gasteiger partial charge on any atom is -0.396 e. The molecule has 0 aromatic heterocycles. The minimum atomic E-state index is 0.306. The molecule has 0 heterocycles. The summed E-state index contributed by atoms with van der Waals surface area (Å²) in [6.45, 7) is 0.306. The Morgan fingerprint density at radius 1 is 1.00 bits per heavy atom. The zero-order valence-electron chi connectivity index (χ0n) is 7.67. The summed E-state index contributed by atoms with van der Waals surface area (Å²) < 4.78 is 0. The third-order valence-electron chi connectivity index (χ3n) is 2.04. The Kier molecular flexibility index (Phi) is 4.87. The van der Waals surface area contributed by atoms with Gasteiger partial charge in [-0.05, 0) is 37.0 Å². The van der Waals surface area contributed by atoms with Crippen molar-refractivity contribution in [3.63, 3.8) is 0 Å². The van der Waals surface area contributed by atoms with Crippen molar-refractivity contribution in [1.82, 2.24) is 0 Å². The Morgan fingerprint density at radius 3 is 2.31 bits per heavy atom. The number of hydrogen-bond acceptors (Lipinski definition) is 1. The number of aliphatic hydroxyl groups excluding tert-OH is 1. The van der Waals surface area contributed by atoms with Crippen molar-refractivity contribution in [2.45, 2.75) is 25.7 Å². The normalized spacial score (nSPS) is 10.3. The lowest BCUT2D eigenvalue weighted by Gasteiger charge is -2.00. The van der Waals surface area contributed by atoms with Crippen molar-refractivity contribution >= 4 is 11.6 Å². The van der Waals surface area contributed by atoms with Gasteiger partial charge in [0, 0.05) is 11.6 Å². The van der Waals surface area contributed by atoms with Crippen molar-refractivity contribution in [1.29, 1.82) is 0 Å². The van der Waals surface area contributed by atoms with Crippen LogP contribution in [0.15, 0.2) is 24.3 Å². The van der Waals surface area contributed by atoms with Gasteiger partial charge in [-0.2, -0.15) is 0 Å². The van der Waals surface area contributed by atoms with Gasteiger partial charge in [0.2, 0.25) is 0 Å². The Bertz CT molecular complexity index is 230. The van der Waals surface area contributed by atoms with Crippen LogP contribution >= 0.6 is 11.6 Å². The molecule has 2 heteroatoms. The maximum Gasteiger partial charge on any atom is 0.0431 e. The minimum absolute atomic E-state index is 0.306.